The van der Waals surface area contributed by atoms with Gasteiger partial charge in [-0.1, -0.05) is 28.1 Å². The predicted molar refractivity (Wildman–Crippen MR) is 91.0 cm³/mol. The van der Waals surface area contributed by atoms with Crippen LogP contribution in [0.25, 0.3) is 0 Å². The van der Waals surface area contributed by atoms with E-state index in [-0.39, 0.29) is 0 Å². The lowest BCUT2D eigenvalue weighted by Crippen LogP contribution is -2.22. The average molecular weight is 403 g/mol. The first-order valence-corrected chi connectivity index (χ1v) is 8.76. The number of hydrogen-bond donors (Lipinski definition) is 1. The average Bonchev–Trinajstić information content (AvgIpc) is 2.75. The van der Waals surface area contributed by atoms with Gasteiger partial charge in [-0.15, -0.1) is 11.3 Å². The summed E-state index contributed by atoms with van der Waals surface area (Å²) >= 11 is 9.00. The van der Waals surface area contributed by atoms with Crippen LogP contribution in [0.2, 0.25) is 0 Å². The van der Waals surface area contributed by atoms with Gasteiger partial charge in [0.25, 0.3) is 0 Å². The van der Waals surface area contributed by atoms with Crippen molar-refractivity contribution in [3.05, 3.63) is 55.1 Å². The molecule has 1 aromatic heterocycles. The molecule has 2 aromatic rings. The van der Waals surface area contributed by atoms with E-state index in [2.05, 4.69) is 72.9 Å². The molecule has 0 bridgehead atoms. The molecule has 1 atom stereocenters. The van der Waals surface area contributed by atoms with Gasteiger partial charge in [-0.2, -0.15) is 0 Å². The van der Waals surface area contributed by atoms with Crippen LogP contribution in [-0.4, -0.2) is 13.6 Å². The summed E-state index contributed by atoms with van der Waals surface area (Å²) in [5.41, 5.74) is 1.39. The molecule has 0 saturated carbocycles. The zero-order valence-corrected chi connectivity index (χ0v) is 14.8. The lowest BCUT2D eigenvalue weighted by Gasteiger charge is -2.16. The van der Waals surface area contributed by atoms with Crippen molar-refractivity contribution in [3.63, 3.8) is 0 Å². The number of rotatable bonds is 6. The summed E-state index contributed by atoms with van der Waals surface area (Å²) in [6, 6.07) is 10.7. The van der Waals surface area contributed by atoms with Crippen LogP contribution in [0.1, 0.15) is 10.4 Å². The van der Waals surface area contributed by atoms with Gasteiger partial charge in [0, 0.05) is 13.8 Å². The molecule has 0 aliphatic carbocycles. The Kier molecular flexibility index (Phi) is 6.07. The first-order valence-electron chi connectivity index (χ1n) is 6.30. The summed E-state index contributed by atoms with van der Waals surface area (Å²) in [5, 5.41) is 5.46. The predicted octanol–water partition coefficient (Wildman–Crippen LogP) is 4.89. The third-order valence-corrected chi connectivity index (χ3v) is 5.51. The molecule has 0 aliphatic rings. The molecule has 1 N–H and O–H groups in total. The number of benzene rings is 1. The van der Waals surface area contributed by atoms with Gasteiger partial charge in [0.2, 0.25) is 0 Å². The SMILES string of the molecule is CNCC(Cc1cccc(Br)c1)Cc1sccc1Br. The standard InChI is InChI=1S/C15H17Br2NS/c1-18-10-12(9-15-14(17)5-6-19-15)7-11-3-2-4-13(16)8-11/h2-6,8,12,18H,7,9-10H2,1H3. The zero-order valence-electron chi connectivity index (χ0n) is 10.8. The maximum atomic E-state index is 3.63. The minimum Gasteiger partial charge on any atom is -0.319 e. The number of hydrogen-bond acceptors (Lipinski definition) is 2. The van der Waals surface area contributed by atoms with Crippen LogP contribution in [0.15, 0.2) is 44.7 Å². The summed E-state index contributed by atoms with van der Waals surface area (Å²) < 4.78 is 2.40. The third kappa shape index (κ3) is 4.71. The fraction of sp³-hybridized carbons (Fsp3) is 0.333. The summed E-state index contributed by atoms with van der Waals surface area (Å²) in [5.74, 6) is 0.620. The van der Waals surface area contributed by atoms with E-state index < -0.39 is 0 Å². The van der Waals surface area contributed by atoms with E-state index >= 15 is 0 Å². The highest BCUT2D eigenvalue weighted by atomic mass is 79.9. The van der Waals surface area contributed by atoms with Crippen molar-refractivity contribution in [2.75, 3.05) is 13.6 Å². The topological polar surface area (TPSA) is 12.0 Å². The second-order valence-corrected chi connectivity index (χ2v) is 7.42. The number of halogens is 2. The fourth-order valence-electron chi connectivity index (χ4n) is 2.24. The Morgan fingerprint density at radius 1 is 1.21 bits per heavy atom. The summed E-state index contributed by atoms with van der Waals surface area (Å²) in [6.07, 6.45) is 2.22. The number of thiophene rings is 1. The molecular weight excluding hydrogens is 386 g/mol. The quantitative estimate of drug-likeness (QED) is 0.724. The fourth-order valence-corrected chi connectivity index (χ4v) is 4.31. The summed E-state index contributed by atoms with van der Waals surface area (Å²) in [6.45, 7) is 1.04. The summed E-state index contributed by atoms with van der Waals surface area (Å²) in [7, 11) is 2.03. The Labute approximate surface area is 135 Å². The van der Waals surface area contributed by atoms with Crippen LogP contribution in [0.3, 0.4) is 0 Å². The normalized spacial score (nSPS) is 12.6. The molecule has 0 amide bonds. The number of nitrogens with one attached hydrogen (secondary N) is 1. The highest BCUT2D eigenvalue weighted by Crippen LogP contribution is 2.27. The molecular formula is C15H17Br2NS. The molecule has 4 heteroatoms. The Bertz CT molecular complexity index is 524. The second kappa shape index (κ2) is 7.58. The largest absolute Gasteiger partial charge is 0.319 e. The lowest BCUT2D eigenvalue weighted by molar-refractivity contribution is 0.496. The van der Waals surface area contributed by atoms with Gasteiger partial charge >= 0.3 is 0 Å². The van der Waals surface area contributed by atoms with Gasteiger partial charge in [-0.05, 0) is 77.4 Å². The van der Waals surface area contributed by atoms with Crippen LogP contribution >= 0.6 is 43.2 Å². The lowest BCUT2D eigenvalue weighted by atomic mass is 9.95. The van der Waals surface area contributed by atoms with Gasteiger partial charge in [0.15, 0.2) is 0 Å². The first kappa shape index (κ1) is 15.2. The maximum absolute atomic E-state index is 3.63. The van der Waals surface area contributed by atoms with Crippen molar-refractivity contribution >= 4 is 43.2 Å². The van der Waals surface area contributed by atoms with Crippen LogP contribution in [-0.2, 0) is 12.8 Å². The maximum Gasteiger partial charge on any atom is 0.0314 e. The molecule has 1 heterocycles. The monoisotopic (exact) mass is 401 g/mol. The molecule has 1 aromatic carbocycles. The van der Waals surface area contributed by atoms with Gasteiger partial charge in [-0.3, -0.25) is 0 Å². The first-order chi connectivity index (χ1) is 9.19. The van der Waals surface area contributed by atoms with E-state index in [1.807, 2.05) is 18.4 Å². The smallest absolute Gasteiger partial charge is 0.0314 e. The minimum absolute atomic E-state index is 0.620. The van der Waals surface area contributed by atoms with Crippen molar-refractivity contribution in [1.29, 1.82) is 0 Å². The molecule has 0 aliphatic heterocycles. The van der Waals surface area contributed by atoms with E-state index in [1.54, 1.807) is 0 Å². The van der Waals surface area contributed by atoms with Crippen LogP contribution in [0.4, 0.5) is 0 Å². The molecule has 0 radical (unpaired) electrons. The van der Waals surface area contributed by atoms with Crippen molar-refractivity contribution in [2.24, 2.45) is 5.92 Å². The third-order valence-electron chi connectivity index (χ3n) is 3.07. The van der Waals surface area contributed by atoms with E-state index in [0.717, 1.165) is 23.9 Å². The molecule has 1 unspecified atom stereocenters. The van der Waals surface area contributed by atoms with Crippen molar-refractivity contribution in [1.82, 2.24) is 5.32 Å². The van der Waals surface area contributed by atoms with Crippen LogP contribution in [0, 0.1) is 5.92 Å². The Hall–Kier alpha value is -0.160. The highest BCUT2D eigenvalue weighted by Gasteiger charge is 2.13. The summed E-state index contributed by atoms with van der Waals surface area (Å²) in [4.78, 5) is 1.44. The molecule has 19 heavy (non-hydrogen) atoms. The van der Waals surface area contributed by atoms with E-state index in [4.69, 9.17) is 0 Å². The van der Waals surface area contributed by atoms with Gasteiger partial charge < -0.3 is 5.32 Å². The molecule has 0 saturated heterocycles. The second-order valence-electron chi connectivity index (χ2n) is 4.65. The van der Waals surface area contributed by atoms with Crippen LogP contribution in [0.5, 0.6) is 0 Å². The molecule has 0 fully saturated rings. The molecule has 0 spiro atoms. The van der Waals surface area contributed by atoms with Gasteiger partial charge in [0.05, 0.1) is 0 Å². The minimum atomic E-state index is 0.620. The zero-order chi connectivity index (χ0) is 13.7. The molecule has 1 nitrogen and oxygen atoms in total. The molecule has 102 valence electrons. The van der Waals surface area contributed by atoms with Gasteiger partial charge in [-0.25, -0.2) is 0 Å². The van der Waals surface area contributed by atoms with Crippen molar-refractivity contribution < 1.29 is 0 Å². The molecule has 2 rings (SSSR count). The van der Waals surface area contributed by atoms with E-state index in [9.17, 15) is 0 Å². The van der Waals surface area contributed by atoms with Crippen molar-refractivity contribution in [3.8, 4) is 0 Å². The van der Waals surface area contributed by atoms with Gasteiger partial charge in [0.1, 0.15) is 0 Å². The van der Waals surface area contributed by atoms with E-state index in [1.165, 1.54) is 14.9 Å². The Balaban J connectivity index is 2.06. The van der Waals surface area contributed by atoms with E-state index in [0.29, 0.717) is 5.92 Å². The Morgan fingerprint density at radius 3 is 2.68 bits per heavy atom. The van der Waals surface area contributed by atoms with Crippen LogP contribution < -0.4 is 5.32 Å². The Morgan fingerprint density at radius 2 is 2.05 bits per heavy atom. The van der Waals surface area contributed by atoms with Crippen molar-refractivity contribution in [2.45, 2.75) is 12.8 Å². The highest BCUT2D eigenvalue weighted by molar-refractivity contribution is 9.10.